The number of hydrogen-bond acceptors (Lipinski definition) is 7. The fraction of sp³-hybridized carbons (Fsp3) is 0.450. The molecular weight excluding hydrogens is 370 g/mol. The van der Waals surface area contributed by atoms with Crippen molar-refractivity contribution in [3.05, 3.63) is 48.0 Å². The van der Waals surface area contributed by atoms with Crippen LogP contribution in [0.2, 0.25) is 0 Å². The molecular formula is C20H25N7S. The highest BCUT2D eigenvalue weighted by atomic mass is 32.2. The first kappa shape index (κ1) is 17.8. The van der Waals surface area contributed by atoms with Gasteiger partial charge in [-0.15, -0.1) is 10.2 Å². The van der Waals surface area contributed by atoms with Crippen molar-refractivity contribution in [3.8, 4) is 0 Å². The molecule has 1 atom stereocenters. The summed E-state index contributed by atoms with van der Waals surface area (Å²) in [6, 6.07) is 8.75. The number of fused-ring (bicyclic) bond motifs is 1. The summed E-state index contributed by atoms with van der Waals surface area (Å²) >= 11 is 1.97. The van der Waals surface area contributed by atoms with Crippen molar-refractivity contribution in [1.82, 2.24) is 24.9 Å². The second-order valence-corrected chi connectivity index (χ2v) is 8.60. The van der Waals surface area contributed by atoms with Crippen LogP contribution in [-0.2, 0) is 6.54 Å². The Hall–Kier alpha value is -2.32. The molecule has 28 heavy (non-hydrogen) atoms. The molecule has 0 spiro atoms. The number of hydrogen-bond donors (Lipinski definition) is 2. The van der Waals surface area contributed by atoms with Crippen molar-refractivity contribution in [2.24, 2.45) is 0 Å². The SMILES string of the molecule is c1cc(CNc2nccn3c([C@@H]4CCCS4)nnc23)cc(N2CCNCC2)c1. The Morgan fingerprint density at radius 1 is 1.21 bits per heavy atom. The van der Waals surface area contributed by atoms with E-state index in [2.05, 4.69) is 59.4 Å². The Morgan fingerprint density at radius 3 is 3.00 bits per heavy atom. The van der Waals surface area contributed by atoms with Crippen molar-refractivity contribution in [2.75, 3.05) is 42.1 Å². The topological polar surface area (TPSA) is 70.4 Å². The Balaban J connectivity index is 1.33. The zero-order valence-corrected chi connectivity index (χ0v) is 16.7. The lowest BCUT2D eigenvalue weighted by Gasteiger charge is -2.29. The molecule has 8 heteroatoms. The van der Waals surface area contributed by atoms with Crippen molar-refractivity contribution in [2.45, 2.75) is 24.6 Å². The molecule has 0 aliphatic carbocycles. The normalized spacial score (nSPS) is 20.0. The number of rotatable bonds is 5. The number of piperazine rings is 1. The molecule has 2 fully saturated rings. The fourth-order valence-corrected chi connectivity index (χ4v) is 5.20. The second kappa shape index (κ2) is 7.97. The second-order valence-electron chi connectivity index (χ2n) is 7.29. The van der Waals surface area contributed by atoms with E-state index in [1.165, 1.54) is 29.8 Å². The van der Waals surface area contributed by atoms with E-state index in [0.717, 1.165) is 43.5 Å². The van der Waals surface area contributed by atoms with E-state index in [1.54, 1.807) is 0 Å². The zero-order valence-electron chi connectivity index (χ0n) is 15.8. The van der Waals surface area contributed by atoms with Crippen LogP contribution in [0, 0.1) is 0 Å². The van der Waals surface area contributed by atoms with Crippen LogP contribution >= 0.6 is 11.8 Å². The highest BCUT2D eigenvalue weighted by Crippen LogP contribution is 2.39. The van der Waals surface area contributed by atoms with Crippen LogP contribution in [0.15, 0.2) is 36.7 Å². The lowest BCUT2D eigenvalue weighted by atomic mass is 10.1. The average Bonchev–Trinajstić information content (AvgIpc) is 3.43. The predicted octanol–water partition coefficient (Wildman–Crippen LogP) is 2.71. The predicted molar refractivity (Wildman–Crippen MR) is 114 cm³/mol. The van der Waals surface area contributed by atoms with Gasteiger partial charge in [-0.2, -0.15) is 11.8 Å². The van der Waals surface area contributed by atoms with Gasteiger partial charge in [0.2, 0.25) is 5.65 Å². The molecule has 2 aliphatic rings. The molecule has 3 aromatic rings. The molecule has 2 aliphatic heterocycles. The molecule has 2 aromatic heterocycles. The third-order valence-electron chi connectivity index (χ3n) is 5.42. The maximum Gasteiger partial charge on any atom is 0.203 e. The van der Waals surface area contributed by atoms with Gasteiger partial charge in [0.15, 0.2) is 11.6 Å². The molecule has 0 saturated carbocycles. The molecule has 7 nitrogen and oxygen atoms in total. The van der Waals surface area contributed by atoms with Gasteiger partial charge in [0.05, 0.1) is 5.25 Å². The van der Waals surface area contributed by atoms with Gasteiger partial charge in [0, 0.05) is 50.8 Å². The summed E-state index contributed by atoms with van der Waals surface area (Å²) in [6.07, 6.45) is 6.23. The Morgan fingerprint density at radius 2 is 2.14 bits per heavy atom. The monoisotopic (exact) mass is 395 g/mol. The number of aromatic nitrogens is 4. The molecule has 146 valence electrons. The summed E-state index contributed by atoms with van der Waals surface area (Å²) in [5.74, 6) is 3.04. The minimum atomic E-state index is 0.445. The van der Waals surface area contributed by atoms with Gasteiger partial charge in [-0.25, -0.2) is 4.98 Å². The quantitative estimate of drug-likeness (QED) is 0.688. The largest absolute Gasteiger partial charge is 0.369 e. The van der Waals surface area contributed by atoms with Crippen LogP contribution in [0.25, 0.3) is 5.65 Å². The van der Waals surface area contributed by atoms with Crippen molar-refractivity contribution >= 4 is 28.9 Å². The molecule has 2 N–H and O–H groups in total. The minimum absolute atomic E-state index is 0.445. The summed E-state index contributed by atoms with van der Waals surface area (Å²) in [4.78, 5) is 6.95. The first-order valence-corrected chi connectivity index (χ1v) is 11.0. The molecule has 1 aromatic carbocycles. The molecule has 0 radical (unpaired) electrons. The minimum Gasteiger partial charge on any atom is -0.369 e. The van der Waals surface area contributed by atoms with Gasteiger partial charge >= 0.3 is 0 Å². The maximum absolute atomic E-state index is 4.51. The summed E-state index contributed by atoms with van der Waals surface area (Å²) in [5.41, 5.74) is 3.34. The number of thioether (sulfide) groups is 1. The third kappa shape index (κ3) is 3.54. The summed E-state index contributed by atoms with van der Waals surface area (Å²) in [6.45, 7) is 4.91. The molecule has 4 heterocycles. The highest BCUT2D eigenvalue weighted by Gasteiger charge is 2.23. The standard InChI is InChI=1S/C20H25N7S/c1-3-15(13-16(4-1)26-9-6-21-7-10-26)14-23-18-20-25-24-19(17-5-2-12-28-17)27(20)11-8-22-18/h1,3-4,8,11,13,17,21H,2,5-7,9-10,12,14H2,(H,22,23)/t17-/m0/s1. The third-order valence-corrected chi connectivity index (χ3v) is 6.80. The summed E-state index contributed by atoms with van der Waals surface area (Å²) in [5, 5.41) is 16.2. The van der Waals surface area contributed by atoms with E-state index in [-0.39, 0.29) is 0 Å². The molecule has 5 rings (SSSR count). The van der Waals surface area contributed by atoms with Gasteiger partial charge in [-0.3, -0.25) is 4.40 Å². The van der Waals surface area contributed by atoms with E-state index in [1.807, 2.05) is 24.2 Å². The molecule has 0 bridgehead atoms. The maximum atomic E-state index is 4.51. The number of nitrogens with zero attached hydrogens (tertiary/aromatic N) is 5. The van der Waals surface area contributed by atoms with E-state index in [4.69, 9.17) is 0 Å². The average molecular weight is 396 g/mol. The van der Waals surface area contributed by atoms with Gasteiger partial charge in [0.25, 0.3) is 0 Å². The smallest absolute Gasteiger partial charge is 0.203 e. The van der Waals surface area contributed by atoms with Gasteiger partial charge in [-0.05, 0) is 36.3 Å². The fourth-order valence-electron chi connectivity index (χ4n) is 3.94. The van der Waals surface area contributed by atoms with Crippen molar-refractivity contribution < 1.29 is 0 Å². The van der Waals surface area contributed by atoms with Crippen LogP contribution < -0.4 is 15.5 Å². The number of benzene rings is 1. The van der Waals surface area contributed by atoms with E-state index in [0.29, 0.717) is 11.8 Å². The van der Waals surface area contributed by atoms with E-state index >= 15 is 0 Å². The van der Waals surface area contributed by atoms with E-state index in [9.17, 15) is 0 Å². The van der Waals surface area contributed by atoms with Gasteiger partial charge < -0.3 is 15.5 Å². The highest BCUT2D eigenvalue weighted by molar-refractivity contribution is 7.99. The Kier molecular flexibility index (Phi) is 5.05. The number of anilines is 2. The molecule has 0 unspecified atom stereocenters. The summed E-state index contributed by atoms with van der Waals surface area (Å²) < 4.78 is 2.09. The van der Waals surface area contributed by atoms with Crippen LogP contribution in [0.3, 0.4) is 0 Å². The van der Waals surface area contributed by atoms with E-state index < -0.39 is 0 Å². The van der Waals surface area contributed by atoms with Gasteiger partial charge in [0.1, 0.15) is 0 Å². The Labute approximate surface area is 168 Å². The molecule has 2 saturated heterocycles. The van der Waals surface area contributed by atoms with Crippen LogP contribution in [0.5, 0.6) is 0 Å². The van der Waals surface area contributed by atoms with Crippen LogP contribution in [-0.4, -0.2) is 51.5 Å². The van der Waals surface area contributed by atoms with Crippen molar-refractivity contribution in [3.63, 3.8) is 0 Å². The summed E-state index contributed by atoms with van der Waals surface area (Å²) in [7, 11) is 0. The van der Waals surface area contributed by atoms with Crippen LogP contribution in [0.4, 0.5) is 11.5 Å². The van der Waals surface area contributed by atoms with Crippen molar-refractivity contribution in [1.29, 1.82) is 0 Å². The lowest BCUT2D eigenvalue weighted by Crippen LogP contribution is -2.43. The van der Waals surface area contributed by atoms with Crippen LogP contribution in [0.1, 0.15) is 29.5 Å². The first-order chi connectivity index (χ1) is 13.9. The molecule has 0 amide bonds. The number of nitrogens with one attached hydrogen (secondary N) is 2. The first-order valence-electron chi connectivity index (χ1n) is 9.98. The zero-order chi connectivity index (χ0) is 18.8. The lowest BCUT2D eigenvalue weighted by molar-refractivity contribution is 0.589. The Bertz CT molecular complexity index is 945. The van der Waals surface area contributed by atoms with Gasteiger partial charge in [-0.1, -0.05) is 12.1 Å².